The van der Waals surface area contributed by atoms with E-state index in [0.717, 1.165) is 68.8 Å². The molecule has 1 fully saturated rings. The van der Waals surface area contributed by atoms with Crippen LogP contribution in [0.1, 0.15) is 72.5 Å². The number of fused-ring (bicyclic) bond motifs is 1. The van der Waals surface area contributed by atoms with Crippen molar-refractivity contribution in [1.29, 1.82) is 0 Å². The van der Waals surface area contributed by atoms with Gasteiger partial charge in [0.25, 0.3) is 5.91 Å². The molecule has 0 spiro atoms. The van der Waals surface area contributed by atoms with Crippen molar-refractivity contribution in [2.24, 2.45) is 5.10 Å². The van der Waals surface area contributed by atoms with Crippen LogP contribution in [0.2, 0.25) is 0 Å². The number of hydrogen-bond acceptors (Lipinski definition) is 7. The van der Waals surface area contributed by atoms with Crippen LogP contribution in [0.25, 0.3) is 0 Å². The number of hydrogen-bond donors (Lipinski definition) is 1. The van der Waals surface area contributed by atoms with E-state index in [-0.39, 0.29) is 11.9 Å². The maximum atomic E-state index is 12.9. The maximum Gasteiger partial charge on any atom is 0.320 e. The first-order valence-corrected chi connectivity index (χ1v) is 14.9. The van der Waals surface area contributed by atoms with Gasteiger partial charge in [-0.15, -0.1) is 0 Å². The highest BCUT2D eigenvalue weighted by atomic mass is 16.5. The molecule has 1 amide bonds. The SMILES string of the molecule is CCCCCCCCOC(=O)CN1CCc2ccc(NC(=O)c3ccc(/C=N/N4CCN(C)CC4)cc3)cc2C1. The van der Waals surface area contributed by atoms with Gasteiger partial charge in [-0.25, -0.2) is 0 Å². The second-order valence-corrected chi connectivity index (χ2v) is 11.0. The Kier molecular flexibility index (Phi) is 11.5. The lowest BCUT2D eigenvalue weighted by molar-refractivity contribution is -0.145. The predicted octanol–water partition coefficient (Wildman–Crippen LogP) is 4.78. The molecule has 1 saturated heterocycles. The number of carbonyl (C=O) groups is 2. The highest BCUT2D eigenvalue weighted by Crippen LogP contribution is 2.23. The van der Waals surface area contributed by atoms with Crippen LogP contribution in [0.3, 0.4) is 0 Å². The van der Waals surface area contributed by atoms with Crippen molar-refractivity contribution in [1.82, 2.24) is 14.8 Å². The minimum atomic E-state index is -0.154. The molecule has 1 N–H and O–H groups in total. The number of amides is 1. The summed E-state index contributed by atoms with van der Waals surface area (Å²) >= 11 is 0. The molecule has 2 aliphatic rings. The van der Waals surface area contributed by atoms with E-state index in [1.807, 2.05) is 42.6 Å². The normalized spacial score (nSPS) is 16.2. The zero-order valence-electron chi connectivity index (χ0n) is 24.2. The average molecular weight is 548 g/mol. The summed E-state index contributed by atoms with van der Waals surface area (Å²) in [5.41, 5.74) is 4.73. The Hall–Kier alpha value is -3.23. The molecule has 8 heteroatoms. The zero-order chi connectivity index (χ0) is 28.2. The van der Waals surface area contributed by atoms with E-state index in [0.29, 0.717) is 25.3 Å². The Balaban J connectivity index is 1.22. The van der Waals surface area contributed by atoms with Crippen LogP contribution in [0.15, 0.2) is 47.6 Å². The third-order valence-corrected chi connectivity index (χ3v) is 7.69. The second kappa shape index (κ2) is 15.5. The molecule has 0 saturated carbocycles. The van der Waals surface area contributed by atoms with Crippen molar-refractivity contribution in [3.63, 3.8) is 0 Å². The van der Waals surface area contributed by atoms with Crippen LogP contribution in [0.4, 0.5) is 5.69 Å². The van der Waals surface area contributed by atoms with E-state index in [2.05, 4.69) is 45.3 Å². The van der Waals surface area contributed by atoms with E-state index in [1.165, 1.54) is 31.2 Å². The van der Waals surface area contributed by atoms with E-state index in [9.17, 15) is 9.59 Å². The maximum absolute atomic E-state index is 12.9. The zero-order valence-corrected chi connectivity index (χ0v) is 24.2. The highest BCUT2D eigenvalue weighted by Gasteiger charge is 2.20. The molecule has 0 aliphatic carbocycles. The quantitative estimate of drug-likeness (QED) is 0.221. The van der Waals surface area contributed by atoms with Crippen molar-refractivity contribution in [2.75, 3.05) is 58.2 Å². The van der Waals surface area contributed by atoms with Crippen molar-refractivity contribution in [2.45, 2.75) is 58.4 Å². The third-order valence-electron chi connectivity index (χ3n) is 7.69. The summed E-state index contributed by atoms with van der Waals surface area (Å²) in [5, 5.41) is 9.68. The molecule has 0 bridgehead atoms. The lowest BCUT2D eigenvalue weighted by Crippen LogP contribution is -2.41. The number of likely N-dealkylation sites (N-methyl/N-ethyl adjacent to an activating group) is 1. The number of hydrazone groups is 1. The molecule has 4 rings (SSSR count). The Morgan fingerprint density at radius 1 is 0.925 bits per heavy atom. The predicted molar refractivity (Wildman–Crippen MR) is 161 cm³/mol. The van der Waals surface area contributed by atoms with Crippen molar-refractivity contribution < 1.29 is 14.3 Å². The topological polar surface area (TPSA) is 77.5 Å². The Bertz CT molecular complexity index is 1130. The summed E-state index contributed by atoms with van der Waals surface area (Å²) in [4.78, 5) is 29.7. The van der Waals surface area contributed by atoms with Gasteiger partial charge in [0.2, 0.25) is 0 Å². The van der Waals surface area contributed by atoms with Crippen LogP contribution < -0.4 is 5.32 Å². The summed E-state index contributed by atoms with van der Waals surface area (Å²) in [6.07, 6.45) is 9.79. The van der Waals surface area contributed by atoms with Crippen LogP contribution >= 0.6 is 0 Å². The number of rotatable bonds is 13. The van der Waals surface area contributed by atoms with Crippen molar-refractivity contribution in [3.05, 3.63) is 64.7 Å². The van der Waals surface area contributed by atoms with Gasteiger partial charge in [-0.1, -0.05) is 57.2 Å². The van der Waals surface area contributed by atoms with Gasteiger partial charge in [-0.05, 0) is 60.8 Å². The summed E-state index contributed by atoms with van der Waals surface area (Å²) in [5.74, 6) is -0.299. The molecule has 0 atom stereocenters. The van der Waals surface area contributed by atoms with Gasteiger partial charge in [-0.3, -0.25) is 19.5 Å². The van der Waals surface area contributed by atoms with Gasteiger partial charge in [0.05, 0.1) is 19.4 Å². The summed E-state index contributed by atoms with van der Waals surface area (Å²) in [7, 11) is 2.13. The first kappa shape index (κ1) is 29.7. The molecule has 216 valence electrons. The van der Waals surface area contributed by atoms with Crippen molar-refractivity contribution >= 4 is 23.8 Å². The number of nitrogens with zero attached hydrogens (tertiary/aromatic N) is 4. The number of nitrogens with one attached hydrogen (secondary N) is 1. The molecule has 2 aromatic carbocycles. The minimum absolute atomic E-state index is 0.145. The number of piperazine rings is 1. The fourth-order valence-corrected chi connectivity index (χ4v) is 5.11. The summed E-state index contributed by atoms with van der Waals surface area (Å²) < 4.78 is 5.47. The minimum Gasteiger partial charge on any atom is -0.465 e. The monoisotopic (exact) mass is 547 g/mol. The lowest BCUT2D eigenvalue weighted by atomic mass is 9.99. The first-order valence-electron chi connectivity index (χ1n) is 14.9. The molecular formula is C32H45N5O3. The van der Waals surface area contributed by atoms with E-state index in [1.54, 1.807) is 0 Å². The molecule has 0 aromatic heterocycles. The molecule has 2 aromatic rings. The van der Waals surface area contributed by atoms with Crippen molar-refractivity contribution in [3.8, 4) is 0 Å². The van der Waals surface area contributed by atoms with E-state index < -0.39 is 0 Å². The van der Waals surface area contributed by atoms with Gasteiger partial charge in [-0.2, -0.15) is 5.10 Å². The molecule has 2 aliphatic heterocycles. The van der Waals surface area contributed by atoms with E-state index in [4.69, 9.17) is 4.74 Å². The standard InChI is InChI=1S/C32H45N5O3/c1-3-4-5-6-7-8-21-40-31(38)25-36-16-15-27-13-14-30(22-29(27)24-36)34-32(39)28-11-9-26(10-12-28)23-33-37-19-17-35(2)18-20-37/h9-14,22-23H,3-8,15-21,24-25H2,1-2H3,(H,34,39)/b33-23+. The average Bonchev–Trinajstić information content (AvgIpc) is 2.96. The fraction of sp³-hybridized carbons (Fsp3) is 0.531. The first-order chi connectivity index (χ1) is 19.5. The number of ether oxygens (including phenoxy) is 1. The van der Waals surface area contributed by atoms with E-state index >= 15 is 0 Å². The number of carbonyl (C=O) groups excluding carboxylic acids is 2. The molecule has 2 heterocycles. The van der Waals surface area contributed by atoms with Gasteiger partial charge in [0.1, 0.15) is 0 Å². The Morgan fingerprint density at radius 2 is 1.68 bits per heavy atom. The highest BCUT2D eigenvalue weighted by molar-refractivity contribution is 6.04. The number of unbranched alkanes of at least 4 members (excludes halogenated alkanes) is 5. The van der Waals surface area contributed by atoms with Crippen LogP contribution in [-0.4, -0.2) is 85.8 Å². The summed E-state index contributed by atoms with van der Waals surface area (Å²) in [6, 6.07) is 13.6. The fourth-order valence-electron chi connectivity index (χ4n) is 5.11. The molecule has 0 unspecified atom stereocenters. The number of benzene rings is 2. The number of anilines is 1. The second-order valence-electron chi connectivity index (χ2n) is 11.0. The van der Waals surface area contributed by atoms with Gasteiger partial charge >= 0.3 is 5.97 Å². The van der Waals surface area contributed by atoms with Gasteiger partial charge in [0, 0.05) is 50.5 Å². The van der Waals surface area contributed by atoms with Crippen LogP contribution in [0, 0.1) is 0 Å². The Labute approximate surface area is 239 Å². The van der Waals surface area contributed by atoms with Gasteiger partial charge in [0.15, 0.2) is 0 Å². The summed E-state index contributed by atoms with van der Waals surface area (Å²) in [6.45, 7) is 8.41. The third kappa shape index (κ3) is 9.45. The van der Waals surface area contributed by atoms with Crippen LogP contribution in [0.5, 0.6) is 0 Å². The van der Waals surface area contributed by atoms with Gasteiger partial charge < -0.3 is 15.0 Å². The molecular weight excluding hydrogens is 502 g/mol. The lowest BCUT2D eigenvalue weighted by Gasteiger charge is -2.30. The largest absolute Gasteiger partial charge is 0.465 e. The van der Waals surface area contributed by atoms with Crippen LogP contribution in [-0.2, 0) is 22.5 Å². The molecule has 40 heavy (non-hydrogen) atoms. The molecule has 0 radical (unpaired) electrons. The smallest absolute Gasteiger partial charge is 0.320 e. The Morgan fingerprint density at radius 3 is 2.45 bits per heavy atom. The molecule has 8 nitrogen and oxygen atoms in total. The number of esters is 1.